The maximum atomic E-state index is 6.16. The number of rotatable bonds is 5. The van der Waals surface area contributed by atoms with Crippen molar-refractivity contribution in [2.45, 2.75) is 0 Å². The highest BCUT2D eigenvalue weighted by molar-refractivity contribution is 7.13. The summed E-state index contributed by atoms with van der Waals surface area (Å²) in [5.74, 6) is 1.96. The molecule has 1 N–H and O–H groups in total. The summed E-state index contributed by atoms with van der Waals surface area (Å²) < 4.78 is 6.16. The molecule has 0 aliphatic rings. The average Bonchev–Trinajstić information content (AvgIpc) is 3.31. The van der Waals surface area contributed by atoms with Crippen LogP contribution in [0.1, 0.15) is 0 Å². The molecule has 0 aliphatic heterocycles. The van der Waals surface area contributed by atoms with Gasteiger partial charge in [0.1, 0.15) is 5.75 Å². The van der Waals surface area contributed by atoms with Gasteiger partial charge < -0.3 is 10.1 Å². The number of nitrogens with zero attached hydrogens (tertiary/aromatic N) is 2. The van der Waals surface area contributed by atoms with Crippen LogP contribution in [0.5, 0.6) is 11.6 Å². The predicted molar refractivity (Wildman–Crippen MR) is 119 cm³/mol. The summed E-state index contributed by atoms with van der Waals surface area (Å²) in [7, 11) is 0. The van der Waals surface area contributed by atoms with Gasteiger partial charge in [-0.05, 0) is 60.0 Å². The van der Waals surface area contributed by atoms with E-state index in [0.717, 1.165) is 32.9 Å². The van der Waals surface area contributed by atoms with Crippen LogP contribution in [0.15, 0.2) is 96.4 Å². The first-order valence-electron chi connectivity index (χ1n) is 9.26. The molecular formula is C24H17N3OS. The number of anilines is 2. The normalized spacial score (nSPS) is 10.8. The van der Waals surface area contributed by atoms with Gasteiger partial charge in [-0.2, -0.15) is 4.98 Å². The topological polar surface area (TPSA) is 47.0 Å². The molecule has 0 fully saturated rings. The summed E-state index contributed by atoms with van der Waals surface area (Å²) in [6.07, 6.45) is 0. The van der Waals surface area contributed by atoms with Gasteiger partial charge in [0.05, 0.1) is 15.8 Å². The zero-order valence-corrected chi connectivity index (χ0v) is 16.3. The lowest BCUT2D eigenvalue weighted by molar-refractivity contribution is 0.469. The molecule has 0 spiro atoms. The summed E-state index contributed by atoms with van der Waals surface area (Å²) in [5.41, 5.74) is 2.90. The molecule has 29 heavy (non-hydrogen) atoms. The second-order valence-electron chi connectivity index (χ2n) is 6.46. The fourth-order valence-corrected chi connectivity index (χ4v) is 3.70. The highest BCUT2D eigenvalue weighted by atomic mass is 32.1. The smallest absolute Gasteiger partial charge is 0.230 e. The maximum Gasteiger partial charge on any atom is 0.230 e. The summed E-state index contributed by atoms with van der Waals surface area (Å²) in [6, 6.07) is 29.8. The molecule has 3 aromatic carbocycles. The second kappa shape index (κ2) is 7.73. The van der Waals surface area contributed by atoms with E-state index in [1.54, 1.807) is 11.3 Å². The fraction of sp³-hybridized carbons (Fsp3) is 0. The van der Waals surface area contributed by atoms with Crippen molar-refractivity contribution < 1.29 is 4.74 Å². The van der Waals surface area contributed by atoms with E-state index in [1.165, 1.54) is 0 Å². The van der Waals surface area contributed by atoms with Gasteiger partial charge in [-0.25, -0.2) is 4.98 Å². The molecular weight excluding hydrogens is 378 g/mol. The molecule has 0 atom stereocenters. The predicted octanol–water partition coefficient (Wildman–Crippen LogP) is 6.89. The summed E-state index contributed by atoms with van der Waals surface area (Å²) >= 11 is 1.61. The monoisotopic (exact) mass is 395 g/mol. The zero-order valence-electron chi connectivity index (χ0n) is 15.4. The number of ether oxygens (including phenoxy) is 1. The first-order valence-corrected chi connectivity index (χ1v) is 10.1. The van der Waals surface area contributed by atoms with Crippen molar-refractivity contribution in [3.05, 3.63) is 96.4 Å². The van der Waals surface area contributed by atoms with Crippen LogP contribution in [0.2, 0.25) is 0 Å². The van der Waals surface area contributed by atoms with Crippen molar-refractivity contribution in [2.24, 2.45) is 0 Å². The molecule has 0 aliphatic carbocycles. The SMILES string of the molecule is c1ccc(Nc2ccc(Oc3nc(-c4cccs4)nc4ccccc34)cc2)cc1. The minimum atomic E-state index is 0.558. The fourth-order valence-electron chi connectivity index (χ4n) is 3.05. The summed E-state index contributed by atoms with van der Waals surface area (Å²) in [6.45, 7) is 0. The van der Waals surface area contributed by atoms with Crippen molar-refractivity contribution in [1.29, 1.82) is 0 Å². The Labute approximate surface area is 172 Å². The van der Waals surface area contributed by atoms with Gasteiger partial charge in [-0.15, -0.1) is 11.3 Å². The Morgan fingerprint density at radius 1 is 0.690 bits per heavy atom. The van der Waals surface area contributed by atoms with Crippen LogP contribution in [0.3, 0.4) is 0 Å². The first-order chi connectivity index (χ1) is 14.3. The number of benzene rings is 3. The van der Waals surface area contributed by atoms with E-state index in [4.69, 9.17) is 14.7 Å². The van der Waals surface area contributed by atoms with E-state index in [1.807, 2.05) is 96.4 Å². The van der Waals surface area contributed by atoms with Gasteiger partial charge in [0.2, 0.25) is 5.88 Å². The second-order valence-corrected chi connectivity index (χ2v) is 7.41. The van der Waals surface area contributed by atoms with Crippen LogP contribution in [0, 0.1) is 0 Å². The van der Waals surface area contributed by atoms with Crippen LogP contribution in [-0.4, -0.2) is 9.97 Å². The van der Waals surface area contributed by atoms with Gasteiger partial charge in [0.25, 0.3) is 0 Å². The molecule has 0 amide bonds. The molecule has 5 rings (SSSR count). The number of para-hydroxylation sites is 2. The first kappa shape index (κ1) is 17.4. The molecule has 5 aromatic rings. The van der Waals surface area contributed by atoms with Gasteiger partial charge in [0, 0.05) is 11.4 Å². The van der Waals surface area contributed by atoms with E-state index >= 15 is 0 Å². The van der Waals surface area contributed by atoms with Crippen LogP contribution in [0.4, 0.5) is 11.4 Å². The quantitative estimate of drug-likeness (QED) is 0.352. The third-order valence-electron chi connectivity index (χ3n) is 4.44. The maximum absolute atomic E-state index is 6.16. The largest absolute Gasteiger partial charge is 0.438 e. The van der Waals surface area contributed by atoms with E-state index in [0.29, 0.717) is 11.7 Å². The highest BCUT2D eigenvalue weighted by Gasteiger charge is 2.12. The molecule has 2 heterocycles. The number of thiophene rings is 1. The average molecular weight is 395 g/mol. The van der Waals surface area contributed by atoms with E-state index in [9.17, 15) is 0 Å². The summed E-state index contributed by atoms with van der Waals surface area (Å²) in [5, 5.41) is 6.28. The Morgan fingerprint density at radius 2 is 1.45 bits per heavy atom. The number of hydrogen-bond acceptors (Lipinski definition) is 5. The summed E-state index contributed by atoms with van der Waals surface area (Å²) in [4.78, 5) is 10.4. The standard InChI is InChI=1S/C24H17N3OS/c1-2-7-17(8-3-1)25-18-12-14-19(15-13-18)28-24-20-9-4-5-10-21(20)26-23(27-24)22-11-6-16-29-22/h1-16,25H. The molecule has 0 saturated heterocycles. The molecule has 2 aromatic heterocycles. The number of nitrogens with one attached hydrogen (secondary N) is 1. The van der Waals surface area contributed by atoms with Crippen LogP contribution >= 0.6 is 11.3 Å². The number of aromatic nitrogens is 2. The van der Waals surface area contributed by atoms with Crippen LogP contribution in [-0.2, 0) is 0 Å². The third-order valence-corrected chi connectivity index (χ3v) is 5.31. The van der Waals surface area contributed by atoms with Crippen molar-refractivity contribution in [3.63, 3.8) is 0 Å². The highest BCUT2D eigenvalue weighted by Crippen LogP contribution is 2.32. The van der Waals surface area contributed by atoms with Gasteiger partial charge >= 0.3 is 0 Å². The minimum Gasteiger partial charge on any atom is -0.438 e. The zero-order chi connectivity index (χ0) is 19.5. The molecule has 0 bridgehead atoms. The van der Waals surface area contributed by atoms with E-state index < -0.39 is 0 Å². The Balaban J connectivity index is 1.45. The lowest BCUT2D eigenvalue weighted by atomic mass is 10.2. The Morgan fingerprint density at radius 3 is 2.24 bits per heavy atom. The lowest BCUT2D eigenvalue weighted by Gasteiger charge is -2.11. The van der Waals surface area contributed by atoms with Crippen LogP contribution < -0.4 is 10.1 Å². The van der Waals surface area contributed by atoms with Crippen LogP contribution in [0.25, 0.3) is 21.6 Å². The molecule has 4 nitrogen and oxygen atoms in total. The van der Waals surface area contributed by atoms with E-state index in [2.05, 4.69) is 5.32 Å². The van der Waals surface area contributed by atoms with Gasteiger partial charge in [0.15, 0.2) is 5.82 Å². The Bertz CT molecular complexity index is 1240. The van der Waals surface area contributed by atoms with Crippen molar-refractivity contribution >= 4 is 33.6 Å². The Kier molecular flexibility index (Phi) is 4.64. The molecule has 5 heteroatoms. The van der Waals surface area contributed by atoms with E-state index in [-0.39, 0.29) is 0 Å². The van der Waals surface area contributed by atoms with Crippen molar-refractivity contribution in [2.75, 3.05) is 5.32 Å². The Hall–Kier alpha value is -3.70. The molecule has 0 radical (unpaired) electrons. The third kappa shape index (κ3) is 3.81. The number of hydrogen-bond donors (Lipinski definition) is 1. The minimum absolute atomic E-state index is 0.558. The lowest BCUT2D eigenvalue weighted by Crippen LogP contribution is -1.95. The van der Waals surface area contributed by atoms with Crippen molar-refractivity contribution in [1.82, 2.24) is 9.97 Å². The van der Waals surface area contributed by atoms with Gasteiger partial charge in [-0.1, -0.05) is 36.4 Å². The molecule has 0 saturated carbocycles. The molecule has 0 unspecified atom stereocenters. The molecule has 140 valence electrons. The van der Waals surface area contributed by atoms with Gasteiger partial charge in [-0.3, -0.25) is 0 Å². The van der Waals surface area contributed by atoms with Crippen molar-refractivity contribution in [3.8, 4) is 22.3 Å². The number of fused-ring (bicyclic) bond motifs is 1.